The molecular formula is C22H23N3O5S. The summed E-state index contributed by atoms with van der Waals surface area (Å²) in [4.78, 5) is 18.0. The number of aromatic amines is 1. The van der Waals surface area contributed by atoms with E-state index in [1.807, 2.05) is 24.3 Å². The van der Waals surface area contributed by atoms with Gasteiger partial charge >= 0.3 is 0 Å². The first-order chi connectivity index (χ1) is 15.0. The van der Waals surface area contributed by atoms with Gasteiger partial charge in [0, 0.05) is 55.8 Å². The lowest BCUT2D eigenvalue weighted by molar-refractivity contribution is 0.0700. The van der Waals surface area contributed by atoms with Crippen LogP contribution in [-0.2, 0) is 10.0 Å². The number of benzene rings is 2. The first-order valence-corrected chi connectivity index (χ1v) is 11.7. The Bertz CT molecular complexity index is 1230. The lowest BCUT2D eigenvalue weighted by Crippen LogP contribution is -2.50. The summed E-state index contributed by atoms with van der Waals surface area (Å²) >= 11 is 0. The highest BCUT2D eigenvalue weighted by Crippen LogP contribution is 2.33. The highest BCUT2D eigenvalue weighted by molar-refractivity contribution is 7.89. The maximum absolute atomic E-state index is 13.2. The van der Waals surface area contributed by atoms with E-state index in [1.54, 1.807) is 23.2 Å². The van der Waals surface area contributed by atoms with E-state index in [-0.39, 0.29) is 23.9 Å². The van der Waals surface area contributed by atoms with E-state index in [0.29, 0.717) is 43.4 Å². The molecule has 1 saturated heterocycles. The molecule has 31 heavy (non-hydrogen) atoms. The number of H-pyrrole nitrogens is 1. The number of aromatic nitrogens is 1. The Labute approximate surface area is 180 Å². The van der Waals surface area contributed by atoms with Crippen LogP contribution in [0, 0.1) is 0 Å². The van der Waals surface area contributed by atoms with E-state index in [2.05, 4.69) is 4.98 Å². The number of fused-ring (bicyclic) bond motifs is 2. The molecule has 1 amide bonds. The fourth-order valence-electron chi connectivity index (χ4n) is 4.00. The second kappa shape index (κ2) is 7.90. The molecule has 0 saturated carbocycles. The van der Waals surface area contributed by atoms with Crippen LogP contribution in [0.25, 0.3) is 10.9 Å². The third kappa shape index (κ3) is 3.64. The monoisotopic (exact) mass is 441 g/mol. The number of ether oxygens (including phenoxy) is 2. The van der Waals surface area contributed by atoms with E-state index in [0.717, 1.165) is 17.3 Å². The summed E-state index contributed by atoms with van der Waals surface area (Å²) in [5, 5.41) is 0.870. The van der Waals surface area contributed by atoms with Crippen molar-refractivity contribution in [2.45, 2.75) is 11.3 Å². The van der Waals surface area contributed by atoms with Crippen LogP contribution in [-0.4, -0.2) is 67.9 Å². The van der Waals surface area contributed by atoms with Crippen molar-refractivity contribution in [2.75, 3.05) is 39.4 Å². The summed E-state index contributed by atoms with van der Waals surface area (Å²) in [7, 11) is -3.69. The minimum atomic E-state index is -3.69. The molecule has 0 bridgehead atoms. The van der Waals surface area contributed by atoms with Crippen molar-refractivity contribution in [3.05, 3.63) is 54.2 Å². The molecule has 0 spiro atoms. The van der Waals surface area contributed by atoms with E-state index >= 15 is 0 Å². The Morgan fingerprint density at radius 2 is 1.68 bits per heavy atom. The summed E-state index contributed by atoms with van der Waals surface area (Å²) in [6, 6.07) is 12.4. The van der Waals surface area contributed by atoms with Gasteiger partial charge in [-0.1, -0.05) is 18.2 Å². The van der Waals surface area contributed by atoms with E-state index in [1.165, 1.54) is 10.4 Å². The van der Waals surface area contributed by atoms with E-state index < -0.39 is 10.0 Å². The Morgan fingerprint density at radius 1 is 0.935 bits per heavy atom. The van der Waals surface area contributed by atoms with E-state index in [9.17, 15) is 13.2 Å². The van der Waals surface area contributed by atoms with Gasteiger partial charge in [0.25, 0.3) is 5.91 Å². The topological polar surface area (TPSA) is 91.9 Å². The molecular weight excluding hydrogens is 418 g/mol. The van der Waals surface area contributed by atoms with Gasteiger partial charge in [-0.3, -0.25) is 4.79 Å². The van der Waals surface area contributed by atoms with Crippen LogP contribution in [0.5, 0.6) is 11.5 Å². The van der Waals surface area contributed by atoms with Crippen molar-refractivity contribution in [1.29, 1.82) is 0 Å². The molecule has 162 valence electrons. The molecule has 2 aliphatic heterocycles. The molecule has 0 atom stereocenters. The zero-order valence-electron chi connectivity index (χ0n) is 16.9. The number of rotatable bonds is 3. The summed E-state index contributed by atoms with van der Waals surface area (Å²) in [6.45, 7) is 2.19. The number of nitrogens with one attached hydrogen (secondary N) is 1. The number of hydrogen-bond donors (Lipinski definition) is 1. The summed E-state index contributed by atoms with van der Waals surface area (Å²) in [5.74, 6) is 0.919. The average Bonchev–Trinajstić information content (AvgIpc) is 3.08. The fraction of sp³-hybridized carbons (Fsp3) is 0.318. The molecule has 1 fully saturated rings. The van der Waals surface area contributed by atoms with Gasteiger partial charge in [0.2, 0.25) is 10.0 Å². The predicted molar refractivity (Wildman–Crippen MR) is 115 cm³/mol. The van der Waals surface area contributed by atoms with Crippen LogP contribution in [0.3, 0.4) is 0 Å². The fourth-order valence-corrected chi connectivity index (χ4v) is 5.44. The number of para-hydroxylation sites is 1. The van der Waals surface area contributed by atoms with Gasteiger partial charge in [0.05, 0.1) is 23.7 Å². The SMILES string of the molecule is O=C(c1c[nH]c2ccccc12)N1CCN(S(=O)(=O)c2ccc3c(c2)OCCCO3)CC1. The van der Waals surface area contributed by atoms with Gasteiger partial charge in [0.1, 0.15) is 0 Å². The summed E-state index contributed by atoms with van der Waals surface area (Å²) < 4.78 is 39.0. The molecule has 0 aliphatic carbocycles. The zero-order valence-corrected chi connectivity index (χ0v) is 17.7. The summed E-state index contributed by atoms with van der Waals surface area (Å²) in [6.07, 6.45) is 2.47. The first-order valence-electron chi connectivity index (χ1n) is 10.3. The molecule has 0 radical (unpaired) electrons. The normalized spacial score (nSPS) is 17.5. The minimum absolute atomic E-state index is 0.0925. The van der Waals surface area contributed by atoms with Gasteiger partial charge in [-0.15, -0.1) is 0 Å². The van der Waals surface area contributed by atoms with Crippen molar-refractivity contribution >= 4 is 26.8 Å². The van der Waals surface area contributed by atoms with Gasteiger partial charge < -0.3 is 19.4 Å². The number of sulfonamides is 1. The van der Waals surface area contributed by atoms with Gasteiger partial charge in [0.15, 0.2) is 11.5 Å². The first kappa shape index (κ1) is 19.9. The van der Waals surface area contributed by atoms with Crippen molar-refractivity contribution in [1.82, 2.24) is 14.2 Å². The molecule has 1 N–H and O–H groups in total. The predicted octanol–water partition coefficient (Wildman–Crippen LogP) is 2.48. The van der Waals surface area contributed by atoms with Crippen LogP contribution in [0.1, 0.15) is 16.8 Å². The molecule has 3 heterocycles. The lowest BCUT2D eigenvalue weighted by atomic mass is 10.1. The number of piperazine rings is 1. The van der Waals surface area contributed by atoms with Crippen LogP contribution < -0.4 is 9.47 Å². The largest absolute Gasteiger partial charge is 0.490 e. The standard InChI is InChI=1S/C22H23N3O5S/c26-22(18-15-23-19-5-2-1-4-17(18)19)24-8-10-25(11-9-24)31(27,28)16-6-7-20-21(14-16)30-13-3-12-29-20/h1-2,4-7,14-15,23H,3,8-13H2. The second-order valence-electron chi connectivity index (χ2n) is 7.60. The van der Waals surface area contributed by atoms with Crippen LogP contribution in [0.15, 0.2) is 53.6 Å². The van der Waals surface area contributed by atoms with Crippen molar-refractivity contribution in [3.63, 3.8) is 0 Å². The van der Waals surface area contributed by atoms with Gasteiger partial charge in [-0.2, -0.15) is 4.31 Å². The van der Waals surface area contributed by atoms with Crippen LogP contribution in [0.4, 0.5) is 0 Å². The Kier molecular flexibility index (Phi) is 5.07. The van der Waals surface area contributed by atoms with Gasteiger partial charge in [-0.25, -0.2) is 8.42 Å². The van der Waals surface area contributed by atoms with Crippen molar-refractivity contribution in [3.8, 4) is 11.5 Å². The van der Waals surface area contributed by atoms with E-state index in [4.69, 9.17) is 9.47 Å². The zero-order chi connectivity index (χ0) is 21.4. The number of amides is 1. The number of carbonyl (C=O) groups is 1. The molecule has 0 unspecified atom stereocenters. The Balaban J connectivity index is 1.31. The number of nitrogens with zero attached hydrogens (tertiary/aromatic N) is 2. The second-order valence-corrected chi connectivity index (χ2v) is 9.54. The maximum Gasteiger partial charge on any atom is 0.256 e. The smallest absolute Gasteiger partial charge is 0.256 e. The van der Waals surface area contributed by atoms with Crippen molar-refractivity contribution in [2.24, 2.45) is 0 Å². The molecule has 3 aromatic rings. The Morgan fingerprint density at radius 3 is 2.48 bits per heavy atom. The molecule has 5 rings (SSSR count). The third-order valence-electron chi connectivity index (χ3n) is 5.70. The molecule has 2 aromatic carbocycles. The lowest BCUT2D eigenvalue weighted by Gasteiger charge is -2.34. The van der Waals surface area contributed by atoms with Crippen molar-refractivity contribution < 1.29 is 22.7 Å². The maximum atomic E-state index is 13.2. The van der Waals surface area contributed by atoms with Gasteiger partial charge in [-0.05, 0) is 18.2 Å². The minimum Gasteiger partial charge on any atom is -0.490 e. The highest BCUT2D eigenvalue weighted by atomic mass is 32.2. The number of hydrogen-bond acceptors (Lipinski definition) is 5. The number of carbonyl (C=O) groups excluding carboxylic acids is 1. The molecule has 2 aliphatic rings. The molecule has 1 aromatic heterocycles. The van der Waals surface area contributed by atoms with Crippen LogP contribution in [0.2, 0.25) is 0 Å². The summed E-state index contributed by atoms with van der Waals surface area (Å²) in [5.41, 5.74) is 1.51. The molecule has 9 heteroatoms. The molecule has 8 nitrogen and oxygen atoms in total. The Hall–Kier alpha value is -3.04. The third-order valence-corrected chi connectivity index (χ3v) is 7.60. The average molecular weight is 442 g/mol. The highest BCUT2D eigenvalue weighted by Gasteiger charge is 2.32. The quantitative estimate of drug-likeness (QED) is 0.674. The van der Waals surface area contributed by atoms with Crippen LogP contribution >= 0.6 is 0 Å².